The van der Waals surface area contributed by atoms with E-state index in [9.17, 15) is 4.79 Å². The Labute approximate surface area is 110 Å². The summed E-state index contributed by atoms with van der Waals surface area (Å²) >= 11 is 0. The molecule has 100 valence electrons. The first-order valence-corrected chi connectivity index (χ1v) is 6.53. The van der Waals surface area contributed by atoms with E-state index in [0.717, 1.165) is 35.4 Å². The summed E-state index contributed by atoms with van der Waals surface area (Å²) < 4.78 is 5.35. The summed E-state index contributed by atoms with van der Waals surface area (Å²) in [4.78, 5) is 16.4. The number of aryl methyl sites for hydroxylation is 1. The smallest absolute Gasteiger partial charge is 0.141 e. The van der Waals surface area contributed by atoms with E-state index in [4.69, 9.17) is 4.74 Å². The van der Waals surface area contributed by atoms with Gasteiger partial charge < -0.3 is 4.74 Å². The highest BCUT2D eigenvalue weighted by molar-refractivity contribution is 5.83. The summed E-state index contributed by atoms with van der Waals surface area (Å²) in [6.45, 7) is 8.02. The summed E-state index contributed by atoms with van der Waals surface area (Å²) in [5.74, 6) is 1.22. The van der Waals surface area contributed by atoms with Crippen molar-refractivity contribution in [1.29, 1.82) is 0 Å². The number of ketones is 1. The lowest BCUT2D eigenvalue weighted by molar-refractivity contribution is -0.122. The van der Waals surface area contributed by atoms with Crippen molar-refractivity contribution in [2.24, 2.45) is 5.92 Å². The van der Waals surface area contributed by atoms with Gasteiger partial charge in [0.15, 0.2) is 0 Å². The number of rotatable bonds is 6. The van der Waals surface area contributed by atoms with E-state index < -0.39 is 0 Å². The number of aromatic nitrogens is 1. The average molecular weight is 249 g/mol. The fourth-order valence-electron chi connectivity index (χ4n) is 2.18. The molecule has 3 heteroatoms. The number of carbonyl (C=O) groups excluding carboxylic acids is 1. The molecule has 0 aliphatic heterocycles. The van der Waals surface area contributed by atoms with E-state index in [1.165, 1.54) is 0 Å². The fourth-order valence-corrected chi connectivity index (χ4v) is 2.18. The molecule has 0 amide bonds. The van der Waals surface area contributed by atoms with Gasteiger partial charge in [0.1, 0.15) is 11.5 Å². The minimum Gasteiger partial charge on any atom is -0.496 e. The molecule has 1 atom stereocenters. The molecule has 0 saturated carbocycles. The van der Waals surface area contributed by atoms with Gasteiger partial charge >= 0.3 is 0 Å². The first-order valence-electron chi connectivity index (χ1n) is 6.53. The maximum atomic E-state index is 12.1. The van der Waals surface area contributed by atoms with Gasteiger partial charge in [-0.1, -0.05) is 20.3 Å². The van der Waals surface area contributed by atoms with Gasteiger partial charge in [0, 0.05) is 29.7 Å². The van der Waals surface area contributed by atoms with Gasteiger partial charge in [-0.3, -0.25) is 9.78 Å². The minimum absolute atomic E-state index is 0.114. The molecule has 0 aromatic carbocycles. The standard InChI is InChI=1S/C15H23NO2/c1-6-7-10(2)14(17)8-13-12(4)15(18-5)11(3)9-16-13/h9-10H,6-8H2,1-5H3. The molecule has 0 aliphatic carbocycles. The first kappa shape index (κ1) is 14.7. The molecule has 0 aliphatic rings. The largest absolute Gasteiger partial charge is 0.496 e. The Morgan fingerprint density at radius 2 is 2.11 bits per heavy atom. The Kier molecular flexibility index (Phi) is 5.32. The topological polar surface area (TPSA) is 39.2 Å². The first-order chi connectivity index (χ1) is 8.51. The van der Waals surface area contributed by atoms with Crippen LogP contribution in [0.3, 0.4) is 0 Å². The number of hydrogen-bond donors (Lipinski definition) is 0. The van der Waals surface area contributed by atoms with Gasteiger partial charge in [0.05, 0.1) is 12.8 Å². The number of ether oxygens (including phenoxy) is 1. The van der Waals surface area contributed by atoms with Crippen LogP contribution in [0, 0.1) is 19.8 Å². The molecule has 1 rings (SSSR count). The maximum Gasteiger partial charge on any atom is 0.141 e. The lowest BCUT2D eigenvalue weighted by Gasteiger charge is -2.13. The maximum absolute atomic E-state index is 12.1. The van der Waals surface area contributed by atoms with Crippen LogP contribution in [0.4, 0.5) is 0 Å². The van der Waals surface area contributed by atoms with Crippen LogP contribution in [0.25, 0.3) is 0 Å². The van der Waals surface area contributed by atoms with Crippen molar-refractivity contribution >= 4 is 5.78 Å². The molecule has 1 unspecified atom stereocenters. The van der Waals surface area contributed by atoms with Gasteiger partial charge in [-0.05, 0) is 20.3 Å². The number of pyridine rings is 1. The van der Waals surface area contributed by atoms with Crippen LogP contribution in [0.1, 0.15) is 43.5 Å². The molecule has 0 saturated heterocycles. The highest BCUT2D eigenvalue weighted by atomic mass is 16.5. The van der Waals surface area contributed by atoms with E-state index in [0.29, 0.717) is 6.42 Å². The predicted octanol–water partition coefficient (Wildman–Crippen LogP) is 3.25. The minimum atomic E-state index is 0.114. The molecule has 0 N–H and O–H groups in total. The molecule has 1 aromatic rings. The lowest BCUT2D eigenvalue weighted by Crippen LogP contribution is -2.15. The quantitative estimate of drug-likeness (QED) is 0.777. The van der Waals surface area contributed by atoms with Crippen molar-refractivity contribution in [3.8, 4) is 5.75 Å². The Hall–Kier alpha value is -1.38. The second kappa shape index (κ2) is 6.53. The van der Waals surface area contributed by atoms with E-state index in [1.54, 1.807) is 13.3 Å². The molecule has 0 radical (unpaired) electrons. The Morgan fingerprint density at radius 1 is 1.44 bits per heavy atom. The molecule has 0 spiro atoms. The van der Waals surface area contributed by atoms with Crippen LogP contribution in [-0.4, -0.2) is 17.9 Å². The summed E-state index contributed by atoms with van der Waals surface area (Å²) in [6, 6.07) is 0. The van der Waals surface area contributed by atoms with Crippen molar-refractivity contribution in [3.05, 3.63) is 23.0 Å². The average Bonchev–Trinajstić information content (AvgIpc) is 2.33. The Bertz CT molecular complexity index is 427. The second-order valence-electron chi connectivity index (χ2n) is 4.88. The summed E-state index contributed by atoms with van der Waals surface area (Å²) in [6.07, 6.45) is 4.17. The molecule has 1 aromatic heterocycles. The van der Waals surface area contributed by atoms with E-state index in [-0.39, 0.29) is 11.7 Å². The van der Waals surface area contributed by atoms with Crippen LogP contribution in [0.5, 0.6) is 5.75 Å². The lowest BCUT2D eigenvalue weighted by atomic mass is 9.96. The van der Waals surface area contributed by atoms with Crippen LogP contribution >= 0.6 is 0 Å². The van der Waals surface area contributed by atoms with Gasteiger partial charge in [-0.25, -0.2) is 0 Å². The normalized spacial score (nSPS) is 12.3. The summed E-state index contributed by atoms with van der Waals surface area (Å²) in [5, 5.41) is 0. The number of methoxy groups -OCH3 is 1. The monoisotopic (exact) mass is 249 g/mol. The number of Topliss-reactive ketones (excluding diaryl/α,β-unsaturated/α-hetero) is 1. The zero-order chi connectivity index (χ0) is 13.7. The van der Waals surface area contributed by atoms with E-state index >= 15 is 0 Å². The third-order valence-corrected chi connectivity index (χ3v) is 3.36. The number of hydrogen-bond acceptors (Lipinski definition) is 3. The van der Waals surface area contributed by atoms with Crippen molar-refractivity contribution in [1.82, 2.24) is 4.98 Å². The van der Waals surface area contributed by atoms with Gasteiger partial charge in [-0.2, -0.15) is 0 Å². The second-order valence-corrected chi connectivity index (χ2v) is 4.88. The molecular formula is C15H23NO2. The van der Waals surface area contributed by atoms with Crippen LogP contribution in [0.2, 0.25) is 0 Å². The van der Waals surface area contributed by atoms with Crippen molar-refractivity contribution in [3.63, 3.8) is 0 Å². The van der Waals surface area contributed by atoms with Gasteiger partial charge in [-0.15, -0.1) is 0 Å². The van der Waals surface area contributed by atoms with Crippen LogP contribution < -0.4 is 4.74 Å². The van der Waals surface area contributed by atoms with Crippen molar-refractivity contribution < 1.29 is 9.53 Å². The van der Waals surface area contributed by atoms with Gasteiger partial charge in [0.2, 0.25) is 0 Å². The Balaban J connectivity index is 2.89. The zero-order valence-electron chi connectivity index (χ0n) is 12.0. The van der Waals surface area contributed by atoms with E-state index in [1.807, 2.05) is 20.8 Å². The zero-order valence-corrected chi connectivity index (χ0v) is 12.0. The fraction of sp³-hybridized carbons (Fsp3) is 0.600. The van der Waals surface area contributed by atoms with E-state index in [2.05, 4.69) is 11.9 Å². The van der Waals surface area contributed by atoms with Crippen molar-refractivity contribution in [2.75, 3.05) is 7.11 Å². The highest BCUT2D eigenvalue weighted by Gasteiger charge is 2.16. The number of nitrogens with zero attached hydrogens (tertiary/aromatic N) is 1. The molecule has 0 fully saturated rings. The molecular weight excluding hydrogens is 226 g/mol. The SMILES string of the molecule is CCCC(C)C(=O)Cc1ncc(C)c(OC)c1C. The van der Waals surface area contributed by atoms with Crippen LogP contribution in [0.15, 0.2) is 6.20 Å². The summed E-state index contributed by atoms with van der Waals surface area (Å²) in [5.41, 5.74) is 2.83. The predicted molar refractivity (Wildman–Crippen MR) is 73.0 cm³/mol. The molecule has 0 bridgehead atoms. The molecule has 3 nitrogen and oxygen atoms in total. The number of carbonyl (C=O) groups is 1. The highest BCUT2D eigenvalue weighted by Crippen LogP contribution is 2.25. The third-order valence-electron chi connectivity index (χ3n) is 3.36. The third kappa shape index (κ3) is 3.31. The van der Waals surface area contributed by atoms with Gasteiger partial charge in [0.25, 0.3) is 0 Å². The van der Waals surface area contributed by atoms with Crippen molar-refractivity contribution in [2.45, 2.75) is 47.0 Å². The van der Waals surface area contributed by atoms with Crippen LogP contribution in [-0.2, 0) is 11.2 Å². The Morgan fingerprint density at radius 3 is 2.67 bits per heavy atom. The molecule has 1 heterocycles. The molecule has 18 heavy (non-hydrogen) atoms. The summed E-state index contributed by atoms with van der Waals surface area (Å²) in [7, 11) is 1.65.